The van der Waals surface area contributed by atoms with Gasteiger partial charge in [0.15, 0.2) is 0 Å². The number of halogens is 1. The van der Waals surface area contributed by atoms with E-state index < -0.39 is 0 Å². The fraction of sp³-hybridized carbons (Fsp3) is 1.00. The Morgan fingerprint density at radius 3 is 2.75 bits per heavy atom. The average Bonchev–Trinajstić information content (AvgIpc) is 1.77. The lowest BCUT2D eigenvalue weighted by atomic mass is 10.0. The van der Waals surface area contributed by atoms with Crippen LogP contribution in [0, 0.1) is 5.92 Å². The Morgan fingerprint density at radius 2 is 2.38 bits per heavy atom. The van der Waals surface area contributed by atoms with Crippen LogP contribution in [0.25, 0.3) is 0 Å². The van der Waals surface area contributed by atoms with Crippen LogP contribution in [-0.2, 0) is 0 Å². The van der Waals surface area contributed by atoms with Gasteiger partial charge in [-0.05, 0) is 25.4 Å². The third-order valence-corrected chi connectivity index (χ3v) is 3.53. The lowest BCUT2D eigenvalue weighted by molar-refractivity contribution is 0.428. The first kappa shape index (κ1) is 6.81. The zero-order valence-electron chi connectivity index (χ0n) is 5.15. The molecule has 1 N–H and O–H groups in total. The van der Waals surface area contributed by atoms with Crippen LogP contribution in [0.1, 0.15) is 13.3 Å². The molecule has 2 atom stereocenters. The van der Waals surface area contributed by atoms with Gasteiger partial charge in [0.25, 0.3) is 0 Å². The Balaban J connectivity index is 2.28. The van der Waals surface area contributed by atoms with E-state index in [0.29, 0.717) is 0 Å². The highest BCUT2D eigenvalue weighted by molar-refractivity contribution is 14.1. The molecule has 1 heterocycles. The molecule has 1 fully saturated rings. The van der Waals surface area contributed by atoms with Gasteiger partial charge in [-0.2, -0.15) is 0 Å². The smallest absolute Gasteiger partial charge is 0.0159 e. The molecular formula is C6H12IN. The van der Waals surface area contributed by atoms with Crippen LogP contribution in [-0.4, -0.2) is 17.0 Å². The third kappa shape index (κ3) is 1.58. The quantitative estimate of drug-likeness (QED) is 0.485. The topological polar surface area (TPSA) is 12.0 Å². The van der Waals surface area contributed by atoms with Crippen LogP contribution in [0.2, 0.25) is 0 Å². The number of rotatable bonds is 0. The van der Waals surface area contributed by atoms with Crippen LogP contribution in [0.15, 0.2) is 0 Å². The van der Waals surface area contributed by atoms with Gasteiger partial charge in [0, 0.05) is 3.92 Å². The zero-order valence-corrected chi connectivity index (χ0v) is 7.31. The Morgan fingerprint density at radius 1 is 1.62 bits per heavy atom. The van der Waals surface area contributed by atoms with E-state index in [1.807, 2.05) is 0 Å². The molecule has 0 spiro atoms. The molecule has 1 saturated heterocycles. The van der Waals surface area contributed by atoms with E-state index in [0.717, 1.165) is 9.84 Å². The summed E-state index contributed by atoms with van der Waals surface area (Å²) < 4.78 is 0.911. The Bertz CT molecular complexity index is 64.9. The first-order valence-electron chi connectivity index (χ1n) is 3.15. The van der Waals surface area contributed by atoms with Crippen molar-refractivity contribution in [1.29, 1.82) is 0 Å². The molecule has 0 radical (unpaired) electrons. The van der Waals surface area contributed by atoms with Gasteiger partial charge < -0.3 is 5.32 Å². The lowest BCUT2D eigenvalue weighted by Crippen LogP contribution is -2.35. The molecule has 1 rings (SSSR count). The molecule has 2 heteroatoms. The van der Waals surface area contributed by atoms with E-state index in [-0.39, 0.29) is 0 Å². The number of hydrogen-bond donors (Lipinski definition) is 1. The van der Waals surface area contributed by atoms with Crippen molar-refractivity contribution in [3.8, 4) is 0 Å². The van der Waals surface area contributed by atoms with Gasteiger partial charge in [-0.15, -0.1) is 0 Å². The normalized spacial score (nSPS) is 39.8. The minimum atomic E-state index is 0.879. The molecule has 1 nitrogen and oxygen atoms in total. The van der Waals surface area contributed by atoms with Gasteiger partial charge in [0.05, 0.1) is 0 Å². The van der Waals surface area contributed by atoms with Crippen molar-refractivity contribution in [2.75, 3.05) is 13.1 Å². The van der Waals surface area contributed by atoms with Crippen molar-refractivity contribution >= 4 is 22.6 Å². The number of nitrogens with one attached hydrogen (secondary N) is 1. The highest BCUT2D eigenvalue weighted by Gasteiger charge is 2.16. The van der Waals surface area contributed by atoms with Crippen molar-refractivity contribution in [1.82, 2.24) is 5.32 Å². The van der Waals surface area contributed by atoms with E-state index in [9.17, 15) is 0 Å². The Hall–Kier alpha value is 0.690. The molecule has 1 aliphatic rings. The van der Waals surface area contributed by atoms with E-state index in [4.69, 9.17) is 0 Å². The standard InChI is InChI=1S/C6H12IN/c1-5-4-8-3-2-6(5)7/h5-6,8H,2-4H2,1H3. The van der Waals surface area contributed by atoms with Gasteiger partial charge in [-0.1, -0.05) is 29.5 Å². The summed E-state index contributed by atoms with van der Waals surface area (Å²) in [5.41, 5.74) is 0. The predicted octanol–water partition coefficient (Wildman–Crippen LogP) is 1.42. The van der Waals surface area contributed by atoms with Crippen LogP contribution in [0.4, 0.5) is 0 Å². The molecular weight excluding hydrogens is 213 g/mol. The van der Waals surface area contributed by atoms with Crippen molar-refractivity contribution in [3.05, 3.63) is 0 Å². The maximum atomic E-state index is 3.36. The second-order valence-corrected chi connectivity index (χ2v) is 4.09. The summed E-state index contributed by atoms with van der Waals surface area (Å²) in [7, 11) is 0. The monoisotopic (exact) mass is 225 g/mol. The first-order chi connectivity index (χ1) is 3.80. The van der Waals surface area contributed by atoms with Crippen LogP contribution in [0.3, 0.4) is 0 Å². The van der Waals surface area contributed by atoms with Crippen molar-refractivity contribution < 1.29 is 0 Å². The maximum absolute atomic E-state index is 3.36. The molecule has 0 aliphatic carbocycles. The molecule has 2 unspecified atom stereocenters. The summed E-state index contributed by atoms with van der Waals surface area (Å²) in [4.78, 5) is 0. The summed E-state index contributed by atoms with van der Waals surface area (Å²) >= 11 is 2.54. The predicted molar refractivity (Wildman–Crippen MR) is 44.5 cm³/mol. The van der Waals surface area contributed by atoms with E-state index >= 15 is 0 Å². The summed E-state index contributed by atoms with van der Waals surface area (Å²) in [6, 6.07) is 0. The summed E-state index contributed by atoms with van der Waals surface area (Å²) in [5.74, 6) is 0.879. The maximum Gasteiger partial charge on any atom is 0.0159 e. The van der Waals surface area contributed by atoms with Crippen LogP contribution >= 0.6 is 22.6 Å². The molecule has 0 bridgehead atoms. The summed E-state index contributed by atoms with van der Waals surface area (Å²) in [6.07, 6.45) is 1.35. The van der Waals surface area contributed by atoms with Gasteiger partial charge in [-0.3, -0.25) is 0 Å². The minimum absolute atomic E-state index is 0.879. The van der Waals surface area contributed by atoms with E-state index in [1.165, 1.54) is 19.5 Å². The molecule has 0 saturated carbocycles. The largest absolute Gasteiger partial charge is 0.316 e. The minimum Gasteiger partial charge on any atom is -0.316 e. The highest BCUT2D eigenvalue weighted by Crippen LogP contribution is 2.18. The first-order valence-corrected chi connectivity index (χ1v) is 4.40. The zero-order chi connectivity index (χ0) is 5.98. The SMILES string of the molecule is CC1CNCCC1I. The molecule has 0 aromatic rings. The third-order valence-electron chi connectivity index (χ3n) is 1.68. The van der Waals surface area contributed by atoms with Gasteiger partial charge >= 0.3 is 0 Å². The molecule has 48 valence electrons. The fourth-order valence-corrected chi connectivity index (χ4v) is 1.55. The summed E-state index contributed by atoms with van der Waals surface area (Å²) in [6.45, 7) is 4.74. The van der Waals surface area contributed by atoms with Gasteiger partial charge in [0.2, 0.25) is 0 Å². The van der Waals surface area contributed by atoms with E-state index in [2.05, 4.69) is 34.8 Å². The Labute approximate surface area is 64.4 Å². The molecule has 8 heavy (non-hydrogen) atoms. The Kier molecular flexibility index (Phi) is 2.56. The average molecular weight is 225 g/mol. The molecule has 0 amide bonds. The van der Waals surface area contributed by atoms with Gasteiger partial charge in [0.1, 0.15) is 0 Å². The molecule has 1 aliphatic heterocycles. The van der Waals surface area contributed by atoms with Crippen molar-refractivity contribution in [3.63, 3.8) is 0 Å². The second-order valence-electron chi connectivity index (χ2n) is 2.49. The number of alkyl halides is 1. The van der Waals surface area contributed by atoms with Crippen LogP contribution in [0.5, 0.6) is 0 Å². The van der Waals surface area contributed by atoms with Gasteiger partial charge in [-0.25, -0.2) is 0 Å². The van der Waals surface area contributed by atoms with Crippen molar-refractivity contribution in [2.24, 2.45) is 5.92 Å². The number of piperidine rings is 1. The summed E-state index contributed by atoms with van der Waals surface area (Å²) in [5, 5.41) is 3.36. The van der Waals surface area contributed by atoms with E-state index in [1.54, 1.807) is 0 Å². The lowest BCUT2D eigenvalue weighted by Gasteiger charge is -2.24. The highest BCUT2D eigenvalue weighted by atomic mass is 127. The second kappa shape index (κ2) is 3.01. The molecule has 0 aromatic heterocycles. The fourth-order valence-electron chi connectivity index (χ4n) is 0.982. The van der Waals surface area contributed by atoms with Crippen LogP contribution < -0.4 is 5.32 Å². The molecule has 0 aromatic carbocycles. The van der Waals surface area contributed by atoms with Crippen molar-refractivity contribution in [2.45, 2.75) is 17.3 Å². The number of hydrogen-bond acceptors (Lipinski definition) is 1.